The second-order valence-corrected chi connectivity index (χ2v) is 7.69. The van der Waals surface area contributed by atoms with Crippen LogP contribution in [0.4, 0.5) is 10.1 Å². The Morgan fingerprint density at radius 3 is 2.50 bits per heavy atom. The number of benzene rings is 2. The number of esters is 1. The summed E-state index contributed by atoms with van der Waals surface area (Å²) in [7, 11) is -3.63. The number of rotatable bonds is 6. The molecule has 0 saturated carbocycles. The lowest BCUT2D eigenvalue weighted by Crippen LogP contribution is -2.30. The van der Waals surface area contributed by atoms with Crippen molar-refractivity contribution in [3.8, 4) is 0 Å². The molecule has 0 aliphatic carbocycles. The zero-order valence-corrected chi connectivity index (χ0v) is 15.0. The van der Waals surface area contributed by atoms with E-state index in [4.69, 9.17) is 4.74 Å². The van der Waals surface area contributed by atoms with Gasteiger partial charge >= 0.3 is 5.97 Å². The standard InChI is InChI=1S/C18H18FNO5S/c1-3-26(23,24)16-10-5-4-9-15(16)18(22)25-12(2)17(21)20-14-8-6-7-13(19)11-14/h4-12H,3H2,1-2H3,(H,20,21)/t12-/m0/s1. The van der Waals surface area contributed by atoms with Crippen molar-refractivity contribution in [1.29, 1.82) is 0 Å². The lowest BCUT2D eigenvalue weighted by molar-refractivity contribution is -0.123. The molecular weight excluding hydrogens is 361 g/mol. The highest BCUT2D eigenvalue weighted by Gasteiger charge is 2.25. The third-order valence-corrected chi connectivity index (χ3v) is 5.35. The molecule has 0 aliphatic rings. The van der Waals surface area contributed by atoms with Gasteiger partial charge in [-0.05, 0) is 37.3 Å². The maximum atomic E-state index is 13.1. The van der Waals surface area contributed by atoms with Crippen molar-refractivity contribution in [3.63, 3.8) is 0 Å². The maximum absolute atomic E-state index is 13.1. The molecule has 0 aromatic heterocycles. The van der Waals surface area contributed by atoms with Gasteiger partial charge in [-0.15, -0.1) is 0 Å². The van der Waals surface area contributed by atoms with E-state index in [1.165, 1.54) is 56.3 Å². The van der Waals surface area contributed by atoms with Crippen molar-refractivity contribution in [2.45, 2.75) is 24.8 Å². The zero-order chi connectivity index (χ0) is 19.3. The minimum atomic E-state index is -3.63. The van der Waals surface area contributed by atoms with Crippen molar-refractivity contribution in [2.75, 3.05) is 11.1 Å². The summed E-state index contributed by atoms with van der Waals surface area (Å²) in [6, 6.07) is 10.9. The second kappa shape index (κ2) is 8.09. The Morgan fingerprint density at radius 2 is 1.85 bits per heavy atom. The van der Waals surface area contributed by atoms with Gasteiger partial charge in [0.1, 0.15) is 5.82 Å². The van der Waals surface area contributed by atoms with Crippen LogP contribution in [0.1, 0.15) is 24.2 Å². The topological polar surface area (TPSA) is 89.5 Å². The molecule has 1 N–H and O–H groups in total. The number of amides is 1. The van der Waals surface area contributed by atoms with Crippen LogP contribution in [0.2, 0.25) is 0 Å². The van der Waals surface area contributed by atoms with E-state index in [-0.39, 0.29) is 21.9 Å². The number of ether oxygens (including phenoxy) is 1. The summed E-state index contributed by atoms with van der Waals surface area (Å²) in [6.07, 6.45) is -1.21. The first-order valence-corrected chi connectivity index (χ1v) is 9.49. The Kier molecular flexibility index (Phi) is 6.10. The van der Waals surface area contributed by atoms with Gasteiger partial charge in [0.05, 0.1) is 16.2 Å². The SMILES string of the molecule is CCS(=O)(=O)c1ccccc1C(=O)O[C@@H](C)C(=O)Nc1cccc(F)c1. The molecule has 0 spiro atoms. The van der Waals surface area contributed by atoms with E-state index < -0.39 is 33.6 Å². The van der Waals surface area contributed by atoms with Gasteiger partial charge in [-0.2, -0.15) is 0 Å². The molecular formula is C18H18FNO5S. The quantitative estimate of drug-likeness (QED) is 0.780. The molecule has 8 heteroatoms. The molecule has 0 aliphatic heterocycles. The molecule has 0 saturated heterocycles. The van der Waals surface area contributed by atoms with Crippen molar-refractivity contribution in [1.82, 2.24) is 0 Å². The predicted molar refractivity (Wildman–Crippen MR) is 94.1 cm³/mol. The van der Waals surface area contributed by atoms with Crippen molar-refractivity contribution < 1.29 is 27.1 Å². The van der Waals surface area contributed by atoms with E-state index in [9.17, 15) is 22.4 Å². The van der Waals surface area contributed by atoms with Gasteiger partial charge in [-0.1, -0.05) is 25.1 Å². The fourth-order valence-electron chi connectivity index (χ4n) is 2.15. The minimum absolute atomic E-state index is 0.139. The number of carbonyl (C=O) groups excluding carboxylic acids is 2. The van der Waals surface area contributed by atoms with E-state index in [2.05, 4.69) is 5.32 Å². The largest absolute Gasteiger partial charge is 0.449 e. The Balaban J connectivity index is 2.14. The van der Waals surface area contributed by atoms with Crippen LogP contribution in [0.3, 0.4) is 0 Å². The minimum Gasteiger partial charge on any atom is -0.449 e. The summed E-state index contributed by atoms with van der Waals surface area (Å²) in [5.41, 5.74) is 0.0756. The number of anilines is 1. The highest BCUT2D eigenvalue weighted by atomic mass is 32.2. The van der Waals surface area contributed by atoms with Crippen LogP contribution >= 0.6 is 0 Å². The van der Waals surface area contributed by atoms with Crippen LogP contribution in [0.25, 0.3) is 0 Å². The van der Waals surface area contributed by atoms with E-state index in [1.54, 1.807) is 0 Å². The molecule has 0 heterocycles. The number of sulfone groups is 1. The van der Waals surface area contributed by atoms with Crippen LogP contribution in [0.5, 0.6) is 0 Å². The third-order valence-electron chi connectivity index (χ3n) is 3.57. The van der Waals surface area contributed by atoms with Crippen LogP contribution in [0, 0.1) is 5.82 Å². The first kappa shape index (κ1) is 19.6. The lowest BCUT2D eigenvalue weighted by atomic mass is 10.2. The number of hydrogen-bond acceptors (Lipinski definition) is 5. The zero-order valence-electron chi connectivity index (χ0n) is 14.2. The van der Waals surface area contributed by atoms with E-state index in [0.29, 0.717) is 0 Å². The van der Waals surface area contributed by atoms with Gasteiger partial charge in [-0.25, -0.2) is 17.6 Å². The summed E-state index contributed by atoms with van der Waals surface area (Å²) in [4.78, 5) is 24.3. The summed E-state index contributed by atoms with van der Waals surface area (Å²) in [5.74, 6) is -2.29. The van der Waals surface area contributed by atoms with Gasteiger partial charge in [0.15, 0.2) is 15.9 Å². The smallest absolute Gasteiger partial charge is 0.340 e. The van der Waals surface area contributed by atoms with Gasteiger partial charge in [0.25, 0.3) is 5.91 Å². The van der Waals surface area contributed by atoms with E-state index >= 15 is 0 Å². The Hall–Kier alpha value is -2.74. The van der Waals surface area contributed by atoms with Crippen LogP contribution in [-0.2, 0) is 19.4 Å². The van der Waals surface area contributed by atoms with E-state index in [0.717, 1.165) is 6.07 Å². The number of nitrogens with one attached hydrogen (secondary N) is 1. The fourth-order valence-corrected chi connectivity index (χ4v) is 3.23. The van der Waals surface area contributed by atoms with Crippen molar-refractivity contribution in [3.05, 3.63) is 59.9 Å². The molecule has 0 radical (unpaired) electrons. The van der Waals surface area contributed by atoms with Crippen molar-refractivity contribution in [2.24, 2.45) is 0 Å². The lowest BCUT2D eigenvalue weighted by Gasteiger charge is -2.15. The first-order chi connectivity index (χ1) is 12.2. The summed E-state index contributed by atoms with van der Waals surface area (Å²) < 4.78 is 42.4. The normalized spacial score (nSPS) is 12.3. The molecule has 138 valence electrons. The predicted octanol–water partition coefficient (Wildman–Crippen LogP) is 2.80. The average molecular weight is 379 g/mol. The molecule has 0 bridgehead atoms. The summed E-state index contributed by atoms with van der Waals surface area (Å²) >= 11 is 0. The second-order valence-electron chi connectivity index (χ2n) is 5.45. The summed E-state index contributed by atoms with van der Waals surface area (Å²) in [6.45, 7) is 2.80. The van der Waals surface area contributed by atoms with Gasteiger partial charge in [-0.3, -0.25) is 4.79 Å². The Bertz CT molecular complexity index is 927. The molecule has 2 rings (SSSR count). The number of halogens is 1. The van der Waals surface area contributed by atoms with Gasteiger partial charge in [0.2, 0.25) is 0 Å². The fraction of sp³-hybridized carbons (Fsp3) is 0.222. The molecule has 0 unspecified atom stereocenters. The van der Waals surface area contributed by atoms with Gasteiger partial charge < -0.3 is 10.1 Å². The monoisotopic (exact) mass is 379 g/mol. The average Bonchev–Trinajstić information content (AvgIpc) is 2.61. The molecule has 2 aromatic carbocycles. The number of carbonyl (C=O) groups is 2. The molecule has 1 amide bonds. The molecule has 1 atom stereocenters. The molecule has 2 aromatic rings. The molecule has 6 nitrogen and oxygen atoms in total. The van der Waals surface area contributed by atoms with E-state index in [1.807, 2.05) is 0 Å². The summed E-state index contributed by atoms with van der Waals surface area (Å²) in [5, 5.41) is 2.42. The highest BCUT2D eigenvalue weighted by Crippen LogP contribution is 2.19. The first-order valence-electron chi connectivity index (χ1n) is 7.84. The van der Waals surface area contributed by atoms with Crippen LogP contribution in [0.15, 0.2) is 53.4 Å². The maximum Gasteiger partial charge on any atom is 0.340 e. The third kappa shape index (κ3) is 4.66. The van der Waals surface area contributed by atoms with Gasteiger partial charge in [0, 0.05) is 5.69 Å². The Labute approximate surface area is 150 Å². The highest BCUT2D eigenvalue weighted by molar-refractivity contribution is 7.91. The van der Waals surface area contributed by atoms with Crippen LogP contribution in [-0.4, -0.2) is 32.2 Å². The van der Waals surface area contributed by atoms with Crippen molar-refractivity contribution >= 4 is 27.4 Å². The van der Waals surface area contributed by atoms with Crippen LogP contribution < -0.4 is 5.32 Å². The molecule has 0 fully saturated rings. The molecule has 26 heavy (non-hydrogen) atoms. The number of hydrogen-bond donors (Lipinski definition) is 1. The Morgan fingerprint density at radius 1 is 1.15 bits per heavy atom.